The average Bonchev–Trinajstić information content (AvgIpc) is 2.57. The third kappa shape index (κ3) is 1.58. The molecule has 12 heavy (non-hydrogen) atoms. The van der Waals surface area contributed by atoms with Crippen molar-refractivity contribution in [2.45, 2.75) is 33.6 Å². The molecule has 2 nitrogen and oxygen atoms in total. The van der Waals surface area contributed by atoms with E-state index in [1.165, 1.54) is 22.6 Å². The summed E-state index contributed by atoms with van der Waals surface area (Å²) in [5.74, 6) is 0. The van der Waals surface area contributed by atoms with Gasteiger partial charge in [-0.2, -0.15) is 5.10 Å². The lowest BCUT2D eigenvalue weighted by Crippen LogP contribution is -2.26. The molecule has 1 aliphatic rings. The van der Waals surface area contributed by atoms with Gasteiger partial charge in [0.1, 0.15) is 0 Å². The number of aromatic amines is 1. The fraction of sp³-hybridized carbons (Fsp3) is 0.500. The van der Waals surface area contributed by atoms with Crippen LogP contribution in [0.4, 0.5) is 0 Å². The van der Waals surface area contributed by atoms with E-state index in [-0.39, 0.29) is 0 Å². The zero-order valence-electron chi connectivity index (χ0n) is 8.02. The SMILES string of the molecule is CC.CC1=c2cn[nH]c2=CCC1. The topological polar surface area (TPSA) is 28.7 Å². The Hall–Kier alpha value is -1.05. The molecule has 0 unspecified atom stereocenters. The van der Waals surface area contributed by atoms with Crippen molar-refractivity contribution in [3.05, 3.63) is 16.8 Å². The second-order valence-electron chi connectivity index (χ2n) is 2.72. The summed E-state index contributed by atoms with van der Waals surface area (Å²) in [6, 6.07) is 0. The molecular formula is C10H16N2. The first-order chi connectivity index (χ1) is 5.88. The van der Waals surface area contributed by atoms with E-state index < -0.39 is 0 Å². The highest BCUT2D eigenvalue weighted by molar-refractivity contribution is 5.46. The van der Waals surface area contributed by atoms with Crippen molar-refractivity contribution in [3.63, 3.8) is 0 Å². The highest BCUT2D eigenvalue weighted by atomic mass is 15.1. The summed E-state index contributed by atoms with van der Waals surface area (Å²) in [5, 5.41) is 9.43. The molecule has 0 radical (unpaired) electrons. The van der Waals surface area contributed by atoms with E-state index >= 15 is 0 Å². The molecule has 1 N–H and O–H groups in total. The molecule has 2 rings (SSSR count). The van der Waals surface area contributed by atoms with Crippen molar-refractivity contribution in [1.82, 2.24) is 10.2 Å². The first-order valence-electron chi connectivity index (χ1n) is 4.57. The third-order valence-corrected chi connectivity index (χ3v) is 2.00. The maximum absolute atomic E-state index is 3.98. The molecule has 1 aromatic rings. The van der Waals surface area contributed by atoms with E-state index in [9.17, 15) is 0 Å². The summed E-state index contributed by atoms with van der Waals surface area (Å²) in [6.07, 6.45) is 6.45. The third-order valence-electron chi connectivity index (χ3n) is 2.00. The molecular weight excluding hydrogens is 148 g/mol. The molecule has 0 atom stereocenters. The monoisotopic (exact) mass is 164 g/mol. The van der Waals surface area contributed by atoms with Gasteiger partial charge in [0.25, 0.3) is 0 Å². The second kappa shape index (κ2) is 4.10. The molecule has 2 heteroatoms. The highest BCUT2D eigenvalue weighted by Gasteiger charge is 1.99. The second-order valence-corrected chi connectivity index (χ2v) is 2.72. The first kappa shape index (κ1) is 9.04. The number of hydrogen-bond acceptors (Lipinski definition) is 1. The van der Waals surface area contributed by atoms with Crippen LogP contribution in [0.5, 0.6) is 0 Å². The van der Waals surface area contributed by atoms with Gasteiger partial charge in [0, 0.05) is 5.22 Å². The summed E-state index contributed by atoms with van der Waals surface area (Å²) in [4.78, 5) is 0. The van der Waals surface area contributed by atoms with Crippen LogP contribution in [0.15, 0.2) is 6.20 Å². The first-order valence-corrected chi connectivity index (χ1v) is 4.57. The fourth-order valence-corrected chi connectivity index (χ4v) is 1.36. The molecule has 0 aliphatic heterocycles. The maximum Gasteiger partial charge on any atom is 0.0610 e. The molecule has 0 aromatic carbocycles. The van der Waals surface area contributed by atoms with Crippen LogP contribution in [0.3, 0.4) is 0 Å². The summed E-state index contributed by atoms with van der Waals surface area (Å²) in [7, 11) is 0. The van der Waals surface area contributed by atoms with Gasteiger partial charge >= 0.3 is 0 Å². The minimum atomic E-state index is 1.15. The van der Waals surface area contributed by atoms with Crippen LogP contribution in [-0.2, 0) is 0 Å². The number of hydrogen-bond donors (Lipinski definition) is 1. The maximum atomic E-state index is 3.98. The zero-order valence-corrected chi connectivity index (χ0v) is 8.02. The molecule has 1 aliphatic carbocycles. The average molecular weight is 164 g/mol. The van der Waals surface area contributed by atoms with Crippen LogP contribution < -0.4 is 10.6 Å². The number of H-pyrrole nitrogens is 1. The van der Waals surface area contributed by atoms with Crippen molar-refractivity contribution in [1.29, 1.82) is 0 Å². The summed E-state index contributed by atoms with van der Waals surface area (Å²) in [6.45, 7) is 6.17. The largest absolute Gasteiger partial charge is 0.278 e. The van der Waals surface area contributed by atoms with Gasteiger partial charge < -0.3 is 0 Å². The van der Waals surface area contributed by atoms with Crippen molar-refractivity contribution >= 4 is 11.6 Å². The number of rotatable bonds is 0. The minimum Gasteiger partial charge on any atom is -0.278 e. The van der Waals surface area contributed by atoms with Crippen LogP contribution in [0.1, 0.15) is 33.6 Å². The van der Waals surface area contributed by atoms with Gasteiger partial charge in [0.2, 0.25) is 0 Å². The van der Waals surface area contributed by atoms with Crippen molar-refractivity contribution in [2.75, 3.05) is 0 Å². The molecule has 0 fully saturated rings. The number of nitrogens with zero attached hydrogens (tertiary/aromatic N) is 1. The van der Waals surface area contributed by atoms with Gasteiger partial charge in [-0.1, -0.05) is 25.5 Å². The van der Waals surface area contributed by atoms with Gasteiger partial charge in [-0.3, -0.25) is 5.10 Å². The van der Waals surface area contributed by atoms with Crippen LogP contribution in [-0.4, -0.2) is 10.2 Å². The number of aromatic nitrogens is 2. The zero-order chi connectivity index (χ0) is 8.97. The van der Waals surface area contributed by atoms with Gasteiger partial charge in [0.15, 0.2) is 0 Å². The smallest absolute Gasteiger partial charge is 0.0610 e. The summed E-state index contributed by atoms with van der Waals surface area (Å²) >= 11 is 0. The Balaban J connectivity index is 0.000000336. The lowest BCUT2D eigenvalue weighted by atomic mass is 10.1. The molecule has 0 saturated carbocycles. The van der Waals surface area contributed by atoms with Gasteiger partial charge in [0.05, 0.1) is 11.5 Å². The van der Waals surface area contributed by atoms with E-state index in [4.69, 9.17) is 0 Å². The van der Waals surface area contributed by atoms with Crippen molar-refractivity contribution < 1.29 is 0 Å². The molecule has 0 spiro atoms. The highest BCUT2D eigenvalue weighted by Crippen LogP contribution is 2.04. The van der Waals surface area contributed by atoms with Crippen molar-refractivity contribution in [2.24, 2.45) is 0 Å². The Bertz CT molecular complexity index is 346. The summed E-state index contributed by atoms with van der Waals surface area (Å²) < 4.78 is 0. The van der Waals surface area contributed by atoms with Gasteiger partial charge in [-0.05, 0) is 19.8 Å². The molecule has 0 bridgehead atoms. The van der Waals surface area contributed by atoms with E-state index in [1.54, 1.807) is 0 Å². The normalized spacial score (nSPS) is 14.1. The number of nitrogens with one attached hydrogen (secondary N) is 1. The van der Waals surface area contributed by atoms with E-state index in [0.717, 1.165) is 6.42 Å². The predicted octanol–water partition coefficient (Wildman–Crippen LogP) is 1.18. The Morgan fingerprint density at radius 2 is 2.17 bits per heavy atom. The number of fused-ring (bicyclic) bond motifs is 1. The molecule has 0 saturated heterocycles. The van der Waals surface area contributed by atoms with Crippen LogP contribution in [0, 0.1) is 0 Å². The minimum absolute atomic E-state index is 1.15. The Morgan fingerprint density at radius 1 is 1.42 bits per heavy atom. The fourth-order valence-electron chi connectivity index (χ4n) is 1.36. The van der Waals surface area contributed by atoms with E-state index in [0.29, 0.717) is 0 Å². The predicted molar refractivity (Wildman–Crippen MR) is 52.0 cm³/mol. The lowest BCUT2D eigenvalue weighted by Gasteiger charge is -1.99. The quantitative estimate of drug-likeness (QED) is 0.613. The van der Waals surface area contributed by atoms with Crippen LogP contribution in [0.25, 0.3) is 11.6 Å². The molecule has 1 heterocycles. The Morgan fingerprint density at radius 3 is 2.83 bits per heavy atom. The van der Waals surface area contributed by atoms with E-state index in [1.807, 2.05) is 20.0 Å². The van der Waals surface area contributed by atoms with Gasteiger partial charge in [-0.15, -0.1) is 0 Å². The summed E-state index contributed by atoms with van der Waals surface area (Å²) in [5.41, 5.74) is 1.45. The van der Waals surface area contributed by atoms with Crippen LogP contribution >= 0.6 is 0 Å². The van der Waals surface area contributed by atoms with Crippen molar-refractivity contribution in [3.8, 4) is 0 Å². The van der Waals surface area contributed by atoms with Gasteiger partial charge in [-0.25, -0.2) is 0 Å². The molecule has 0 amide bonds. The van der Waals surface area contributed by atoms with Crippen LogP contribution in [0.2, 0.25) is 0 Å². The molecule has 66 valence electrons. The lowest BCUT2D eigenvalue weighted by molar-refractivity contribution is 1.02. The van der Waals surface area contributed by atoms with E-state index in [2.05, 4.69) is 23.2 Å². The Kier molecular flexibility index (Phi) is 3.09. The standard InChI is InChI=1S/C8H10N2.C2H6/c1-6-3-2-4-8-7(6)5-9-10-8;1-2/h4-5,10H,2-3H2,1H3;1-2H3. The Labute approximate surface area is 73.0 Å². The molecule has 1 aromatic heterocycles.